The summed E-state index contributed by atoms with van der Waals surface area (Å²) in [5, 5.41) is 6.80. The monoisotopic (exact) mass is 462 g/mol. The molecule has 0 spiro atoms. The average molecular weight is 463 g/mol. The van der Waals surface area contributed by atoms with Gasteiger partial charge in [-0.25, -0.2) is 8.42 Å². The molecule has 1 aromatic heterocycles. The second kappa shape index (κ2) is 8.87. The van der Waals surface area contributed by atoms with Crippen molar-refractivity contribution >= 4 is 27.3 Å². The summed E-state index contributed by atoms with van der Waals surface area (Å²) in [5.74, 6) is 0.500. The number of amides is 1. The van der Waals surface area contributed by atoms with Gasteiger partial charge in [0, 0.05) is 29.4 Å². The van der Waals surface area contributed by atoms with E-state index in [0.717, 1.165) is 11.1 Å². The quantitative estimate of drug-likeness (QED) is 0.426. The van der Waals surface area contributed by atoms with Crippen LogP contribution in [-0.2, 0) is 14.8 Å². The lowest BCUT2D eigenvalue weighted by Gasteiger charge is -2.08. The van der Waals surface area contributed by atoms with Gasteiger partial charge in [-0.2, -0.15) is 4.98 Å². The van der Waals surface area contributed by atoms with Crippen LogP contribution in [-0.4, -0.2) is 24.5 Å². The number of sulfonamides is 1. The van der Waals surface area contributed by atoms with Crippen LogP contribution in [0, 0.1) is 13.8 Å². The van der Waals surface area contributed by atoms with E-state index in [9.17, 15) is 13.2 Å². The first kappa shape index (κ1) is 22.2. The number of anilines is 2. The molecule has 2 N–H and O–H groups in total. The number of aromatic nitrogens is 2. The topological polar surface area (TPSA) is 114 Å². The first-order chi connectivity index (χ1) is 15.7. The van der Waals surface area contributed by atoms with E-state index >= 15 is 0 Å². The highest BCUT2D eigenvalue weighted by Crippen LogP contribution is 2.27. The van der Waals surface area contributed by atoms with Gasteiger partial charge in [-0.3, -0.25) is 9.52 Å². The predicted molar refractivity (Wildman–Crippen MR) is 126 cm³/mol. The summed E-state index contributed by atoms with van der Waals surface area (Å²) in [6.45, 7) is 5.23. The number of nitrogens with one attached hydrogen (secondary N) is 2. The van der Waals surface area contributed by atoms with Crippen LogP contribution in [0.25, 0.3) is 22.8 Å². The zero-order valence-corrected chi connectivity index (χ0v) is 19.1. The second-order valence-electron chi connectivity index (χ2n) is 7.63. The Morgan fingerprint density at radius 2 is 1.58 bits per heavy atom. The molecule has 0 bridgehead atoms. The molecule has 1 amide bonds. The lowest BCUT2D eigenvalue weighted by atomic mass is 10.1. The van der Waals surface area contributed by atoms with Gasteiger partial charge in [-0.1, -0.05) is 28.9 Å². The minimum Gasteiger partial charge on any atom is -0.334 e. The van der Waals surface area contributed by atoms with Crippen molar-refractivity contribution in [1.82, 2.24) is 10.1 Å². The van der Waals surface area contributed by atoms with Crippen molar-refractivity contribution < 1.29 is 17.7 Å². The Morgan fingerprint density at radius 3 is 2.24 bits per heavy atom. The molecule has 0 saturated heterocycles. The number of benzene rings is 3. The van der Waals surface area contributed by atoms with Crippen molar-refractivity contribution in [2.75, 3.05) is 10.0 Å². The number of carbonyl (C=O) groups excluding carboxylic acids is 1. The molecule has 0 radical (unpaired) electrons. The van der Waals surface area contributed by atoms with Gasteiger partial charge < -0.3 is 9.84 Å². The Kier molecular flexibility index (Phi) is 5.97. The van der Waals surface area contributed by atoms with Crippen molar-refractivity contribution in [2.45, 2.75) is 25.7 Å². The molecule has 0 unspecified atom stereocenters. The van der Waals surface area contributed by atoms with Crippen molar-refractivity contribution in [3.63, 3.8) is 0 Å². The molecule has 0 aliphatic rings. The zero-order chi connectivity index (χ0) is 23.6. The Balaban J connectivity index is 1.53. The number of hydrogen-bond acceptors (Lipinski definition) is 6. The minimum absolute atomic E-state index is 0.167. The van der Waals surface area contributed by atoms with Gasteiger partial charge in [0.2, 0.25) is 11.7 Å². The zero-order valence-electron chi connectivity index (χ0n) is 18.3. The van der Waals surface area contributed by atoms with Crippen molar-refractivity contribution in [2.24, 2.45) is 0 Å². The van der Waals surface area contributed by atoms with E-state index in [1.807, 2.05) is 26.0 Å². The van der Waals surface area contributed by atoms with Gasteiger partial charge in [0.05, 0.1) is 4.90 Å². The van der Waals surface area contributed by atoms with E-state index in [-0.39, 0.29) is 10.8 Å². The van der Waals surface area contributed by atoms with Crippen molar-refractivity contribution in [1.29, 1.82) is 0 Å². The number of rotatable bonds is 6. The van der Waals surface area contributed by atoms with E-state index in [4.69, 9.17) is 4.52 Å². The van der Waals surface area contributed by atoms with Gasteiger partial charge in [0.25, 0.3) is 15.9 Å². The summed E-state index contributed by atoms with van der Waals surface area (Å²) < 4.78 is 33.1. The summed E-state index contributed by atoms with van der Waals surface area (Å²) in [6.07, 6.45) is 0. The number of nitrogens with zero attached hydrogens (tertiary/aromatic N) is 2. The maximum absolute atomic E-state index is 12.6. The lowest BCUT2D eigenvalue weighted by Crippen LogP contribution is -2.12. The molecule has 1 heterocycles. The normalized spacial score (nSPS) is 11.2. The van der Waals surface area contributed by atoms with Crippen LogP contribution >= 0.6 is 0 Å². The van der Waals surface area contributed by atoms with Crippen LogP contribution in [0.4, 0.5) is 11.4 Å². The van der Waals surface area contributed by atoms with Crippen LogP contribution in [0.5, 0.6) is 0 Å². The Bertz CT molecular complexity index is 1410. The lowest BCUT2D eigenvalue weighted by molar-refractivity contribution is -0.114. The SMILES string of the molecule is CC(=O)Nc1cc(-c2nc(-c3ccc(NS(=O)(=O)c4ccc(C)cc4)cc3)no2)ccc1C. The highest BCUT2D eigenvalue weighted by atomic mass is 32.2. The number of hydrogen-bond donors (Lipinski definition) is 2. The molecule has 0 aliphatic carbocycles. The standard InChI is InChI=1S/C24H22N4O4S/c1-15-4-12-21(13-5-15)33(30,31)28-20-10-8-18(9-11-20)23-26-24(32-27-23)19-7-6-16(2)22(14-19)25-17(3)29/h4-14,28H,1-3H3,(H,25,29). The molecule has 0 atom stereocenters. The van der Waals surface area contributed by atoms with Gasteiger partial charge in [-0.05, 0) is 67.9 Å². The van der Waals surface area contributed by atoms with Gasteiger partial charge in [0.15, 0.2) is 0 Å². The molecule has 4 aromatic rings. The molecule has 0 saturated carbocycles. The molecule has 8 nitrogen and oxygen atoms in total. The molecule has 9 heteroatoms. The summed E-state index contributed by atoms with van der Waals surface area (Å²) in [6, 6.07) is 18.8. The molecule has 4 rings (SSSR count). The van der Waals surface area contributed by atoms with Crippen LogP contribution < -0.4 is 10.0 Å². The third-order valence-corrected chi connectivity index (χ3v) is 6.35. The third-order valence-electron chi connectivity index (χ3n) is 4.95. The molecular formula is C24H22N4O4S. The maximum Gasteiger partial charge on any atom is 0.261 e. The van der Waals surface area contributed by atoms with E-state index in [1.54, 1.807) is 54.6 Å². The molecular weight excluding hydrogens is 440 g/mol. The summed E-state index contributed by atoms with van der Waals surface area (Å²) >= 11 is 0. The van der Waals surface area contributed by atoms with E-state index in [0.29, 0.717) is 34.2 Å². The predicted octanol–water partition coefficient (Wildman–Crippen LogP) is 4.78. The summed E-state index contributed by atoms with van der Waals surface area (Å²) in [7, 11) is -3.69. The average Bonchev–Trinajstić information content (AvgIpc) is 3.26. The fourth-order valence-electron chi connectivity index (χ4n) is 3.16. The summed E-state index contributed by atoms with van der Waals surface area (Å²) in [5.41, 5.74) is 4.32. The number of aryl methyl sites for hydroxylation is 2. The fraction of sp³-hybridized carbons (Fsp3) is 0.125. The van der Waals surface area contributed by atoms with Crippen molar-refractivity contribution in [3.05, 3.63) is 77.9 Å². The molecule has 168 valence electrons. The Labute approximate surface area is 191 Å². The highest BCUT2D eigenvalue weighted by Gasteiger charge is 2.15. The molecule has 0 fully saturated rings. The largest absolute Gasteiger partial charge is 0.334 e. The smallest absolute Gasteiger partial charge is 0.261 e. The third kappa shape index (κ3) is 5.09. The van der Waals surface area contributed by atoms with Gasteiger partial charge in [-0.15, -0.1) is 0 Å². The number of carbonyl (C=O) groups is 1. The van der Waals surface area contributed by atoms with Crippen LogP contribution in [0.2, 0.25) is 0 Å². The first-order valence-corrected chi connectivity index (χ1v) is 11.6. The molecule has 33 heavy (non-hydrogen) atoms. The van der Waals surface area contributed by atoms with Crippen LogP contribution in [0.1, 0.15) is 18.1 Å². The van der Waals surface area contributed by atoms with Crippen LogP contribution in [0.15, 0.2) is 76.1 Å². The van der Waals surface area contributed by atoms with Crippen molar-refractivity contribution in [3.8, 4) is 22.8 Å². The van der Waals surface area contributed by atoms with E-state index in [1.165, 1.54) is 6.92 Å². The van der Waals surface area contributed by atoms with Gasteiger partial charge >= 0.3 is 0 Å². The Morgan fingerprint density at radius 1 is 0.909 bits per heavy atom. The fourth-order valence-corrected chi connectivity index (χ4v) is 4.21. The van der Waals surface area contributed by atoms with E-state index in [2.05, 4.69) is 20.2 Å². The first-order valence-electron chi connectivity index (χ1n) is 10.1. The van der Waals surface area contributed by atoms with Gasteiger partial charge in [0.1, 0.15) is 0 Å². The Hall–Kier alpha value is -3.98. The molecule has 3 aromatic carbocycles. The maximum atomic E-state index is 12.6. The summed E-state index contributed by atoms with van der Waals surface area (Å²) in [4.78, 5) is 16.0. The van der Waals surface area contributed by atoms with Crippen LogP contribution in [0.3, 0.4) is 0 Å². The minimum atomic E-state index is -3.69. The second-order valence-corrected chi connectivity index (χ2v) is 9.31. The molecule has 0 aliphatic heterocycles. The highest BCUT2D eigenvalue weighted by molar-refractivity contribution is 7.92. The van der Waals surface area contributed by atoms with E-state index < -0.39 is 10.0 Å².